The lowest BCUT2D eigenvalue weighted by Gasteiger charge is -2.07. The minimum absolute atomic E-state index is 0.227. The average molecular weight is 227 g/mol. The average Bonchev–Trinajstić information content (AvgIpc) is 2.68. The Hall–Kier alpha value is -0.680. The number of carbonyl (C=O) groups is 1. The van der Waals surface area contributed by atoms with Crippen molar-refractivity contribution in [2.75, 3.05) is 5.75 Å². The molecule has 5 heteroatoms. The highest BCUT2D eigenvalue weighted by Crippen LogP contribution is 2.48. The van der Waals surface area contributed by atoms with E-state index in [0.717, 1.165) is 5.56 Å². The van der Waals surface area contributed by atoms with Crippen molar-refractivity contribution in [3.05, 3.63) is 30.1 Å². The van der Waals surface area contributed by atoms with Crippen LogP contribution in [-0.2, 0) is 4.79 Å². The second kappa shape index (κ2) is 4.23. The van der Waals surface area contributed by atoms with E-state index in [0.29, 0.717) is 5.75 Å². The van der Waals surface area contributed by atoms with Crippen molar-refractivity contribution in [3.63, 3.8) is 0 Å². The molecular formula is C9H9NO2S2. The first-order valence-electron chi connectivity index (χ1n) is 4.17. The topological polar surface area (TPSA) is 50.2 Å². The number of nitrogens with zero attached hydrogens (tertiary/aromatic N) is 1. The second-order valence-corrected chi connectivity index (χ2v) is 5.66. The Morgan fingerprint density at radius 3 is 3.07 bits per heavy atom. The van der Waals surface area contributed by atoms with Crippen molar-refractivity contribution in [1.29, 1.82) is 0 Å². The molecule has 0 radical (unpaired) electrons. The van der Waals surface area contributed by atoms with Crippen LogP contribution in [0.3, 0.4) is 0 Å². The normalized spacial score (nSPS) is 26.3. The van der Waals surface area contributed by atoms with E-state index in [1.807, 2.05) is 12.1 Å². The van der Waals surface area contributed by atoms with E-state index in [2.05, 4.69) is 4.98 Å². The molecule has 0 spiro atoms. The Morgan fingerprint density at radius 2 is 2.50 bits per heavy atom. The molecule has 1 aromatic heterocycles. The van der Waals surface area contributed by atoms with Crippen LogP contribution in [0.2, 0.25) is 0 Å². The van der Waals surface area contributed by atoms with E-state index in [-0.39, 0.29) is 9.83 Å². The lowest BCUT2D eigenvalue weighted by Crippen LogP contribution is -2.14. The van der Waals surface area contributed by atoms with Gasteiger partial charge in [0.1, 0.15) is 5.25 Å². The number of carboxylic acids is 1. The molecular weight excluding hydrogens is 218 g/mol. The van der Waals surface area contributed by atoms with Crippen LogP contribution in [-0.4, -0.2) is 27.1 Å². The maximum Gasteiger partial charge on any atom is 0.317 e. The molecule has 1 fully saturated rings. The minimum Gasteiger partial charge on any atom is -0.480 e. The van der Waals surface area contributed by atoms with Gasteiger partial charge in [0.25, 0.3) is 0 Å². The number of thioether (sulfide) groups is 2. The van der Waals surface area contributed by atoms with Gasteiger partial charge in [-0.1, -0.05) is 6.07 Å². The van der Waals surface area contributed by atoms with Crippen LogP contribution >= 0.6 is 23.5 Å². The third-order valence-corrected chi connectivity index (χ3v) is 5.19. The summed E-state index contributed by atoms with van der Waals surface area (Å²) in [5.41, 5.74) is 1.10. The van der Waals surface area contributed by atoms with Gasteiger partial charge in [-0.3, -0.25) is 9.78 Å². The Bertz CT molecular complexity index is 331. The summed E-state index contributed by atoms with van der Waals surface area (Å²) in [7, 11) is 0. The van der Waals surface area contributed by atoms with Crippen LogP contribution in [0.15, 0.2) is 24.5 Å². The molecule has 2 rings (SSSR count). The predicted molar refractivity (Wildman–Crippen MR) is 58.5 cm³/mol. The van der Waals surface area contributed by atoms with Gasteiger partial charge in [-0.05, 0) is 11.6 Å². The Labute approximate surface area is 90.3 Å². The van der Waals surface area contributed by atoms with E-state index < -0.39 is 5.97 Å². The molecule has 0 bridgehead atoms. The van der Waals surface area contributed by atoms with Gasteiger partial charge in [0.15, 0.2) is 0 Å². The Kier molecular flexibility index (Phi) is 2.98. The summed E-state index contributed by atoms with van der Waals surface area (Å²) in [5.74, 6) is -0.0339. The summed E-state index contributed by atoms with van der Waals surface area (Å²) >= 11 is 3.17. The molecule has 2 heterocycles. The first-order chi connectivity index (χ1) is 6.77. The molecule has 0 aromatic carbocycles. The summed E-state index contributed by atoms with van der Waals surface area (Å²) in [5, 5.41) is 8.56. The Morgan fingerprint density at radius 1 is 1.64 bits per heavy atom. The highest BCUT2D eigenvalue weighted by molar-refractivity contribution is 8.20. The van der Waals surface area contributed by atoms with Crippen LogP contribution in [0.1, 0.15) is 10.1 Å². The molecule has 74 valence electrons. The van der Waals surface area contributed by atoms with Crippen molar-refractivity contribution in [3.8, 4) is 0 Å². The first kappa shape index (κ1) is 9.86. The van der Waals surface area contributed by atoms with Crippen LogP contribution in [0.4, 0.5) is 0 Å². The van der Waals surface area contributed by atoms with Crippen molar-refractivity contribution >= 4 is 29.5 Å². The van der Waals surface area contributed by atoms with Crippen LogP contribution in [0, 0.1) is 0 Å². The van der Waals surface area contributed by atoms with E-state index >= 15 is 0 Å². The third-order valence-electron chi connectivity index (χ3n) is 1.92. The zero-order chi connectivity index (χ0) is 9.97. The quantitative estimate of drug-likeness (QED) is 0.837. The van der Waals surface area contributed by atoms with Crippen molar-refractivity contribution in [2.45, 2.75) is 9.83 Å². The Balaban J connectivity index is 2.06. The molecule has 3 nitrogen and oxygen atoms in total. The molecule has 0 saturated carbocycles. The van der Waals surface area contributed by atoms with Gasteiger partial charge in [-0.15, -0.1) is 23.5 Å². The van der Waals surface area contributed by atoms with Gasteiger partial charge in [0.2, 0.25) is 0 Å². The number of carboxylic acid groups (broad SMARTS) is 1. The van der Waals surface area contributed by atoms with Gasteiger partial charge in [0.05, 0.1) is 4.58 Å². The van der Waals surface area contributed by atoms with Crippen LogP contribution < -0.4 is 0 Å². The first-order valence-corrected chi connectivity index (χ1v) is 6.16. The monoisotopic (exact) mass is 227 g/mol. The fourth-order valence-corrected chi connectivity index (χ4v) is 4.26. The van der Waals surface area contributed by atoms with Crippen molar-refractivity contribution in [2.24, 2.45) is 0 Å². The van der Waals surface area contributed by atoms with Crippen molar-refractivity contribution < 1.29 is 9.90 Å². The number of pyridine rings is 1. The maximum absolute atomic E-state index is 10.7. The van der Waals surface area contributed by atoms with E-state index in [1.165, 1.54) is 11.8 Å². The van der Waals surface area contributed by atoms with E-state index in [4.69, 9.17) is 5.11 Å². The van der Waals surface area contributed by atoms with Gasteiger partial charge in [-0.2, -0.15) is 0 Å². The molecule has 1 N–H and O–H groups in total. The third kappa shape index (κ3) is 2.04. The van der Waals surface area contributed by atoms with Gasteiger partial charge >= 0.3 is 5.97 Å². The molecule has 2 unspecified atom stereocenters. The summed E-state index contributed by atoms with van der Waals surface area (Å²) in [6.45, 7) is 0. The molecule has 1 aliphatic rings. The summed E-state index contributed by atoms with van der Waals surface area (Å²) in [4.78, 5) is 14.8. The molecule has 14 heavy (non-hydrogen) atoms. The highest BCUT2D eigenvalue weighted by atomic mass is 32.2. The van der Waals surface area contributed by atoms with Crippen LogP contribution in [0.25, 0.3) is 0 Å². The molecule has 1 aromatic rings. The second-order valence-electron chi connectivity index (χ2n) is 2.91. The number of hydrogen-bond donors (Lipinski definition) is 1. The fraction of sp³-hybridized carbons (Fsp3) is 0.333. The summed E-state index contributed by atoms with van der Waals surface area (Å²) in [6.07, 6.45) is 3.53. The summed E-state index contributed by atoms with van der Waals surface area (Å²) < 4.78 is 0.227. The smallest absolute Gasteiger partial charge is 0.317 e. The standard InChI is InChI=1S/C9H9NO2S2/c11-8(12)7-5-13-9(14-7)6-2-1-3-10-4-6/h1-4,7,9H,5H2,(H,11,12). The lowest BCUT2D eigenvalue weighted by atomic mass is 10.3. The zero-order valence-electron chi connectivity index (χ0n) is 7.29. The number of aromatic nitrogens is 1. The fourth-order valence-electron chi connectivity index (χ4n) is 1.22. The molecule has 1 aliphatic heterocycles. The SMILES string of the molecule is O=C(O)C1CSC(c2cccnc2)S1. The van der Waals surface area contributed by atoms with Crippen LogP contribution in [0.5, 0.6) is 0 Å². The van der Waals surface area contributed by atoms with Gasteiger partial charge in [0, 0.05) is 18.1 Å². The highest BCUT2D eigenvalue weighted by Gasteiger charge is 2.31. The summed E-state index contributed by atoms with van der Waals surface area (Å²) in [6, 6.07) is 3.87. The lowest BCUT2D eigenvalue weighted by molar-refractivity contribution is -0.135. The minimum atomic E-state index is -0.714. The van der Waals surface area contributed by atoms with E-state index in [1.54, 1.807) is 24.2 Å². The molecule has 0 aliphatic carbocycles. The number of rotatable bonds is 2. The van der Waals surface area contributed by atoms with Crippen molar-refractivity contribution in [1.82, 2.24) is 4.98 Å². The maximum atomic E-state index is 10.7. The molecule has 2 atom stereocenters. The largest absolute Gasteiger partial charge is 0.480 e. The number of aliphatic carboxylic acids is 1. The molecule has 1 saturated heterocycles. The molecule has 0 amide bonds. The van der Waals surface area contributed by atoms with Gasteiger partial charge in [-0.25, -0.2) is 0 Å². The zero-order valence-corrected chi connectivity index (χ0v) is 8.92. The predicted octanol–water partition coefficient (Wildman–Crippen LogP) is 2.01. The number of hydrogen-bond acceptors (Lipinski definition) is 4. The van der Waals surface area contributed by atoms with E-state index in [9.17, 15) is 4.79 Å². The van der Waals surface area contributed by atoms with Gasteiger partial charge < -0.3 is 5.11 Å².